The molecule has 0 radical (unpaired) electrons. The number of benzene rings is 2. The number of carbonyl (C=O) groups excluding carboxylic acids is 1. The van der Waals surface area contributed by atoms with Crippen molar-refractivity contribution in [1.29, 1.82) is 0 Å². The van der Waals surface area contributed by atoms with E-state index in [0.29, 0.717) is 38.5 Å². The number of amides is 1. The maximum absolute atomic E-state index is 13.5. The summed E-state index contributed by atoms with van der Waals surface area (Å²) in [4.78, 5) is 14.3. The summed E-state index contributed by atoms with van der Waals surface area (Å²) in [7, 11) is 0. The summed E-state index contributed by atoms with van der Waals surface area (Å²) < 4.78 is 52.4. The van der Waals surface area contributed by atoms with Crippen LogP contribution in [0.5, 0.6) is 0 Å². The second-order valence-electron chi connectivity index (χ2n) is 7.03. The SMILES string of the molecule is NC(=O)C1(Nc2ccc(F)c(C(F)(F)F)c2)CCN(Cc2ccccc2)CC1. The summed E-state index contributed by atoms with van der Waals surface area (Å²) in [6.45, 7) is 1.82. The first-order valence-corrected chi connectivity index (χ1v) is 8.91. The zero-order chi connectivity index (χ0) is 20.4. The van der Waals surface area contributed by atoms with Crippen LogP contribution < -0.4 is 11.1 Å². The van der Waals surface area contributed by atoms with Crippen molar-refractivity contribution < 1.29 is 22.4 Å². The van der Waals surface area contributed by atoms with Crippen LogP contribution in [0.3, 0.4) is 0 Å². The monoisotopic (exact) mass is 395 g/mol. The third-order valence-electron chi connectivity index (χ3n) is 5.09. The molecular weight excluding hydrogens is 374 g/mol. The maximum Gasteiger partial charge on any atom is 0.419 e. The first-order chi connectivity index (χ1) is 13.2. The Bertz CT molecular complexity index is 831. The predicted octanol–water partition coefficient (Wildman–Crippen LogP) is 3.78. The van der Waals surface area contributed by atoms with Gasteiger partial charge in [0.25, 0.3) is 0 Å². The highest BCUT2D eigenvalue weighted by molar-refractivity contribution is 5.88. The number of hydrogen-bond acceptors (Lipinski definition) is 3. The number of nitrogens with one attached hydrogen (secondary N) is 1. The normalized spacial score (nSPS) is 17.3. The predicted molar refractivity (Wildman–Crippen MR) is 97.9 cm³/mol. The lowest BCUT2D eigenvalue weighted by Gasteiger charge is -2.41. The Balaban J connectivity index is 1.73. The molecule has 4 nitrogen and oxygen atoms in total. The highest BCUT2D eigenvalue weighted by Gasteiger charge is 2.41. The number of nitrogens with two attached hydrogens (primary N) is 1. The molecule has 0 saturated carbocycles. The topological polar surface area (TPSA) is 58.4 Å². The number of hydrogen-bond donors (Lipinski definition) is 2. The highest BCUT2D eigenvalue weighted by atomic mass is 19.4. The van der Waals surface area contributed by atoms with E-state index >= 15 is 0 Å². The summed E-state index contributed by atoms with van der Waals surface area (Å²) in [5.74, 6) is -1.99. The zero-order valence-corrected chi connectivity index (χ0v) is 15.1. The minimum atomic E-state index is -4.82. The van der Waals surface area contributed by atoms with Gasteiger partial charge in [-0.25, -0.2) is 4.39 Å². The van der Waals surface area contributed by atoms with Crippen molar-refractivity contribution in [2.45, 2.75) is 31.1 Å². The molecule has 0 spiro atoms. The quantitative estimate of drug-likeness (QED) is 0.758. The Labute approximate surface area is 160 Å². The standard InChI is InChI=1S/C20H21F4N3O/c21-17-7-6-15(12-16(17)20(22,23)24)26-19(18(25)28)8-10-27(11-9-19)13-14-4-2-1-3-5-14/h1-7,12,26H,8-11,13H2,(H2,25,28). The number of primary amides is 1. The fourth-order valence-electron chi connectivity index (χ4n) is 3.46. The van der Waals surface area contributed by atoms with Gasteiger partial charge in [0.1, 0.15) is 11.4 Å². The van der Waals surface area contributed by atoms with Crippen LogP contribution in [0.15, 0.2) is 48.5 Å². The minimum Gasteiger partial charge on any atom is -0.371 e. The molecule has 8 heteroatoms. The third kappa shape index (κ3) is 4.44. The number of anilines is 1. The molecule has 1 saturated heterocycles. The van der Waals surface area contributed by atoms with Crippen molar-refractivity contribution in [2.24, 2.45) is 5.73 Å². The third-order valence-corrected chi connectivity index (χ3v) is 5.09. The Hall–Kier alpha value is -2.61. The second-order valence-corrected chi connectivity index (χ2v) is 7.03. The Kier molecular flexibility index (Phi) is 5.60. The molecule has 1 aliphatic rings. The van der Waals surface area contributed by atoms with E-state index in [1.54, 1.807) is 0 Å². The highest BCUT2D eigenvalue weighted by Crippen LogP contribution is 2.35. The molecule has 0 unspecified atom stereocenters. The summed E-state index contributed by atoms with van der Waals surface area (Å²) in [5, 5.41) is 2.85. The van der Waals surface area contributed by atoms with E-state index in [2.05, 4.69) is 10.2 Å². The number of piperidine rings is 1. The maximum atomic E-state index is 13.5. The lowest BCUT2D eigenvalue weighted by atomic mass is 9.86. The van der Waals surface area contributed by atoms with Crippen molar-refractivity contribution in [2.75, 3.05) is 18.4 Å². The lowest BCUT2D eigenvalue weighted by Crippen LogP contribution is -2.57. The van der Waals surface area contributed by atoms with E-state index in [0.717, 1.165) is 11.6 Å². The fraction of sp³-hybridized carbons (Fsp3) is 0.350. The molecule has 0 atom stereocenters. The Morgan fingerprint density at radius 1 is 1.11 bits per heavy atom. The molecule has 2 aromatic rings. The van der Waals surface area contributed by atoms with Gasteiger partial charge in [0.15, 0.2) is 0 Å². The average Bonchev–Trinajstić information content (AvgIpc) is 2.65. The Morgan fingerprint density at radius 2 is 1.75 bits per heavy atom. The number of rotatable bonds is 5. The fourth-order valence-corrected chi connectivity index (χ4v) is 3.46. The van der Waals surface area contributed by atoms with E-state index in [1.807, 2.05) is 30.3 Å². The molecule has 1 heterocycles. The van der Waals surface area contributed by atoms with Gasteiger partial charge in [-0.05, 0) is 36.6 Å². The number of alkyl halides is 3. The molecule has 1 fully saturated rings. The van der Waals surface area contributed by atoms with E-state index in [9.17, 15) is 22.4 Å². The number of nitrogens with zero attached hydrogens (tertiary/aromatic N) is 1. The summed E-state index contributed by atoms with van der Waals surface area (Å²) in [6, 6.07) is 12.4. The van der Waals surface area contributed by atoms with Gasteiger partial charge in [-0.2, -0.15) is 13.2 Å². The van der Waals surface area contributed by atoms with E-state index in [1.165, 1.54) is 6.07 Å². The molecule has 2 aromatic carbocycles. The van der Waals surface area contributed by atoms with Crippen LogP contribution in [0.25, 0.3) is 0 Å². The largest absolute Gasteiger partial charge is 0.419 e. The average molecular weight is 395 g/mol. The molecule has 28 heavy (non-hydrogen) atoms. The smallest absolute Gasteiger partial charge is 0.371 e. The van der Waals surface area contributed by atoms with Gasteiger partial charge in [0.05, 0.1) is 5.56 Å². The van der Waals surface area contributed by atoms with Crippen molar-refractivity contribution in [3.63, 3.8) is 0 Å². The first-order valence-electron chi connectivity index (χ1n) is 8.91. The Morgan fingerprint density at radius 3 is 2.32 bits per heavy atom. The van der Waals surface area contributed by atoms with Crippen molar-refractivity contribution in [1.82, 2.24) is 4.90 Å². The number of likely N-dealkylation sites (tertiary alicyclic amines) is 1. The van der Waals surface area contributed by atoms with Crippen LogP contribution >= 0.6 is 0 Å². The van der Waals surface area contributed by atoms with Crippen LogP contribution in [-0.2, 0) is 17.5 Å². The molecule has 1 amide bonds. The molecular formula is C20H21F4N3O. The van der Waals surface area contributed by atoms with Crippen LogP contribution in [0.2, 0.25) is 0 Å². The first kappa shape index (κ1) is 20.1. The van der Waals surface area contributed by atoms with Crippen LogP contribution in [0.1, 0.15) is 24.0 Å². The van der Waals surface area contributed by atoms with Crippen molar-refractivity contribution in [3.8, 4) is 0 Å². The van der Waals surface area contributed by atoms with Crippen LogP contribution in [0, 0.1) is 5.82 Å². The van der Waals surface area contributed by atoms with Gasteiger partial charge in [0, 0.05) is 25.3 Å². The molecule has 0 aliphatic carbocycles. The van der Waals surface area contributed by atoms with Gasteiger partial charge in [-0.1, -0.05) is 30.3 Å². The molecule has 0 bridgehead atoms. The summed E-state index contributed by atoms with van der Waals surface area (Å²) in [5.41, 5.74) is 4.19. The molecule has 3 N–H and O–H groups in total. The molecule has 3 rings (SSSR count). The number of carbonyl (C=O) groups is 1. The van der Waals surface area contributed by atoms with E-state index in [-0.39, 0.29) is 5.69 Å². The molecule has 150 valence electrons. The van der Waals surface area contributed by atoms with E-state index in [4.69, 9.17) is 5.73 Å². The van der Waals surface area contributed by atoms with Crippen LogP contribution in [0.4, 0.5) is 23.2 Å². The van der Waals surface area contributed by atoms with Crippen LogP contribution in [-0.4, -0.2) is 29.4 Å². The second kappa shape index (κ2) is 7.79. The van der Waals surface area contributed by atoms with E-state index < -0.39 is 29.0 Å². The lowest BCUT2D eigenvalue weighted by molar-refractivity contribution is -0.139. The zero-order valence-electron chi connectivity index (χ0n) is 15.1. The van der Waals surface area contributed by atoms with Crippen molar-refractivity contribution in [3.05, 3.63) is 65.5 Å². The minimum absolute atomic E-state index is 0.0176. The summed E-state index contributed by atoms with van der Waals surface area (Å²) >= 11 is 0. The molecule has 0 aromatic heterocycles. The van der Waals surface area contributed by atoms with Gasteiger partial charge >= 0.3 is 6.18 Å². The van der Waals surface area contributed by atoms with Gasteiger partial charge in [0.2, 0.25) is 5.91 Å². The number of halogens is 4. The van der Waals surface area contributed by atoms with Crippen molar-refractivity contribution >= 4 is 11.6 Å². The molecule has 1 aliphatic heterocycles. The van der Waals surface area contributed by atoms with Gasteiger partial charge < -0.3 is 11.1 Å². The van der Waals surface area contributed by atoms with Gasteiger partial charge in [-0.15, -0.1) is 0 Å². The van der Waals surface area contributed by atoms with Gasteiger partial charge in [-0.3, -0.25) is 9.69 Å². The summed E-state index contributed by atoms with van der Waals surface area (Å²) in [6.07, 6.45) is -4.14.